The van der Waals surface area contributed by atoms with Crippen LogP contribution in [0.4, 0.5) is 14.9 Å². The van der Waals surface area contributed by atoms with Crippen molar-refractivity contribution in [3.05, 3.63) is 42.2 Å². The highest BCUT2D eigenvalue weighted by atomic mass is 19.1. The summed E-state index contributed by atoms with van der Waals surface area (Å²) in [4.78, 5) is 50.8. The maximum Gasteiger partial charge on any atom is 0.338 e. The van der Waals surface area contributed by atoms with Crippen molar-refractivity contribution in [2.45, 2.75) is 19.9 Å². The number of hydrogen-bond acceptors (Lipinski definition) is 5. The summed E-state index contributed by atoms with van der Waals surface area (Å²) in [7, 11) is 0. The van der Waals surface area contributed by atoms with Gasteiger partial charge in [-0.15, -0.1) is 6.58 Å². The summed E-state index contributed by atoms with van der Waals surface area (Å²) in [5.41, 5.74) is -0.481. The molecular formula is C17H14FN3O4. The fraction of sp³-hybridized carbons (Fsp3) is 0.235. The number of Topliss-reactive ketones (excluding diaryl/α,β-unsaturated/α-hetero) is 1. The molecule has 7 nitrogen and oxygen atoms in total. The van der Waals surface area contributed by atoms with Crippen molar-refractivity contribution in [3.63, 3.8) is 0 Å². The molecule has 1 saturated heterocycles. The Kier molecular flexibility index (Phi) is 4.79. The maximum atomic E-state index is 13.5. The minimum absolute atomic E-state index is 0.104. The Balaban J connectivity index is 2.62. The maximum absolute atomic E-state index is 13.5. The van der Waals surface area contributed by atoms with Gasteiger partial charge in [0.25, 0.3) is 11.8 Å². The lowest BCUT2D eigenvalue weighted by Crippen LogP contribution is -2.63. The van der Waals surface area contributed by atoms with Crippen molar-refractivity contribution in [2.75, 3.05) is 4.90 Å². The average Bonchev–Trinajstić information content (AvgIpc) is 2.55. The van der Waals surface area contributed by atoms with Crippen LogP contribution in [0.3, 0.4) is 0 Å². The Labute approximate surface area is 142 Å². The zero-order valence-corrected chi connectivity index (χ0v) is 13.5. The van der Waals surface area contributed by atoms with Gasteiger partial charge in [-0.3, -0.25) is 19.3 Å². The van der Waals surface area contributed by atoms with E-state index in [4.69, 9.17) is 5.26 Å². The lowest BCUT2D eigenvalue weighted by atomic mass is 9.97. The zero-order valence-electron chi connectivity index (χ0n) is 13.5. The molecule has 0 N–H and O–H groups in total. The molecule has 8 heteroatoms. The van der Waals surface area contributed by atoms with Crippen LogP contribution in [0.2, 0.25) is 0 Å². The first kappa shape index (κ1) is 18.0. The minimum atomic E-state index is -1.68. The Bertz CT molecular complexity index is 843. The Morgan fingerprint density at radius 3 is 2.52 bits per heavy atom. The number of nitrogens with zero attached hydrogens (tertiary/aromatic N) is 3. The fourth-order valence-electron chi connectivity index (χ4n) is 2.47. The van der Waals surface area contributed by atoms with Gasteiger partial charge in [0, 0.05) is 0 Å². The molecular weight excluding hydrogens is 329 g/mol. The number of carbonyl (C=O) groups is 4. The smallest absolute Gasteiger partial charge is 0.299 e. The number of urea groups is 1. The Morgan fingerprint density at radius 1 is 1.36 bits per heavy atom. The van der Waals surface area contributed by atoms with E-state index in [0.29, 0.717) is 4.90 Å². The highest BCUT2D eigenvalue weighted by molar-refractivity contribution is 6.34. The summed E-state index contributed by atoms with van der Waals surface area (Å²) in [5.74, 6) is -5.20. The number of rotatable bonds is 4. The number of anilines is 1. The molecule has 0 saturated carbocycles. The molecule has 2 unspecified atom stereocenters. The second-order valence-electron chi connectivity index (χ2n) is 5.46. The van der Waals surface area contributed by atoms with E-state index in [1.165, 1.54) is 13.0 Å². The number of carbonyl (C=O) groups excluding carboxylic acids is 4. The molecule has 25 heavy (non-hydrogen) atoms. The molecule has 1 aliphatic heterocycles. The Hall–Kier alpha value is -3.34. The summed E-state index contributed by atoms with van der Waals surface area (Å²) in [6.07, 6.45) is 1.31. The lowest BCUT2D eigenvalue weighted by molar-refractivity contribution is -0.146. The summed E-state index contributed by atoms with van der Waals surface area (Å²) in [6, 6.07) is 2.90. The minimum Gasteiger partial charge on any atom is -0.299 e. The number of ketones is 1. The van der Waals surface area contributed by atoms with Gasteiger partial charge in [0.05, 0.1) is 17.3 Å². The van der Waals surface area contributed by atoms with Gasteiger partial charge in [0.15, 0.2) is 11.7 Å². The molecule has 1 heterocycles. The van der Waals surface area contributed by atoms with E-state index in [-0.39, 0.29) is 11.3 Å². The van der Waals surface area contributed by atoms with Crippen LogP contribution in [-0.2, 0) is 14.4 Å². The topological polar surface area (TPSA) is 98.6 Å². The molecule has 0 aliphatic carbocycles. The molecule has 2 rings (SSSR count). The number of halogens is 1. The van der Waals surface area contributed by atoms with Gasteiger partial charge >= 0.3 is 6.03 Å². The third-order valence-corrected chi connectivity index (χ3v) is 3.83. The third kappa shape index (κ3) is 2.92. The van der Waals surface area contributed by atoms with Gasteiger partial charge in [-0.1, -0.05) is 6.08 Å². The standard InChI is InChI=1S/C17H14FN3O4/c1-4-9(2)20-15(23)14(10(3)22)16(24)21(17(20)25)12-5-6-13(18)11(7-12)8-19/h4-7,9,14H,1H2,2-3H3. The van der Waals surface area contributed by atoms with Crippen LogP contribution in [0.1, 0.15) is 19.4 Å². The van der Waals surface area contributed by atoms with Crippen molar-refractivity contribution >= 4 is 29.3 Å². The number of amides is 4. The van der Waals surface area contributed by atoms with E-state index in [1.807, 2.05) is 0 Å². The Morgan fingerprint density at radius 2 is 2.00 bits per heavy atom. The molecule has 1 fully saturated rings. The van der Waals surface area contributed by atoms with Gasteiger partial charge in [-0.2, -0.15) is 5.26 Å². The second kappa shape index (κ2) is 6.65. The molecule has 1 aliphatic rings. The van der Waals surface area contributed by atoms with Gasteiger partial charge in [0.1, 0.15) is 11.9 Å². The van der Waals surface area contributed by atoms with E-state index >= 15 is 0 Å². The number of barbiturate groups is 1. The third-order valence-electron chi connectivity index (χ3n) is 3.83. The normalized spacial score (nSPS) is 18.8. The molecule has 0 aromatic heterocycles. The van der Waals surface area contributed by atoms with Crippen LogP contribution >= 0.6 is 0 Å². The molecule has 4 amide bonds. The van der Waals surface area contributed by atoms with Crippen LogP contribution in [0.15, 0.2) is 30.9 Å². The van der Waals surface area contributed by atoms with Crippen LogP contribution in [0, 0.1) is 23.1 Å². The molecule has 0 spiro atoms. The van der Waals surface area contributed by atoms with E-state index in [9.17, 15) is 23.6 Å². The van der Waals surface area contributed by atoms with Crippen molar-refractivity contribution in [1.82, 2.24) is 4.90 Å². The molecule has 128 valence electrons. The van der Waals surface area contributed by atoms with E-state index in [2.05, 4.69) is 6.58 Å². The number of nitriles is 1. The van der Waals surface area contributed by atoms with Crippen LogP contribution in [0.5, 0.6) is 0 Å². The van der Waals surface area contributed by atoms with Crippen molar-refractivity contribution < 1.29 is 23.6 Å². The molecule has 0 bridgehead atoms. The second-order valence-corrected chi connectivity index (χ2v) is 5.46. The first-order chi connectivity index (χ1) is 11.7. The number of hydrogen-bond donors (Lipinski definition) is 0. The number of imide groups is 2. The van der Waals surface area contributed by atoms with E-state index in [0.717, 1.165) is 30.0 Å². The fourth-order valence-corrected chi connectivity index (χ4v) is 2.47. The van der Waals surface area contributed by atoms with Crippen molar-refractivity contribution in [1.29, 1.82) is 5.26 Å². The summed E-state index contributed by atoms with van der Waals surface area (Å²) < 4.78 is 13.5. The van der Waals surface area contributed by atoms with Gasteiger partial charge < -0.3 is 0 Å². The van der Waals surface area contributed by atoms with Crippen LogP contribution in [0.25, 0.3) is 0 Å². The lowest BCUT2D eigenvalue weighted by Gasteiger charge is -2.38. The van der Waals surface area contributed by atoms with Crippen molar-refractivity contribution in [3.8, 4) is 6.07 Å². The first-order valence-electron chi connectivity index (χ1n) is 7.28. The van der Waals surface area contributed by atoms with Crippen LogP contribution in [-0.4, -0.2) is 34.6 Å². The number of benzene rings is 1. The van der Waals surface area contributed by atoms with E-state index < -0.39 is 41.4 Å². The molecule has 0 radical (unpaired) electrons. The average molecular weight is 343 g/mol. The van der Waals surface area contributed by atoms with Gasteiger partial charge in [-0.05, 0) is 32.0 Å². The summed E-state index contributed by atoms with van der Waals surface area (Å²) in [6.45, 7) is 6.07. The highest BCUT2D eigenvalue weighted by Crippen LogP contribution is 2.28. The van der Waals surface area contributed by atoms with E-state index in [1.54, 1.807) is 6.07 Å². The molecule has 2 atom stereocenters. The summed E-state index contributed by atoms with van der Waals surface area (Å²) >= 11 is 0. The predicted octanol–water partition coefficient (Wildman–Crippen LogP) is 1.77. The van der Waals surface area contributed by atoms with Gasteiger partial charge in [0.2, 0.25) is 0 Å². The molecule has 1 aromatic rings. The monoisotopic (exact) mass is 343 g/mol. The van der Waals surface area contributed by atoms with Crippen molar-refractivity contribution in [2.24, 2.45) is 5.92 Å². The summed E-state index contributed by atoms with van der Waals surface area (Å²) in [5, 5.41) is 8.92. The largest absolute Gasteiger partial charge is 0.338 e. The van der Waals surface area contributed by atoms with Crippen LogP contribution < -0.4 is 4.90 Å². The molecule has 1 aromatic carbocycles. The zero-order chi connectivity index (χ0) is 18.9. The highest BCUT2D eigenvalue weighted by Gasteiger charge is 2.49. The SMILES string of the molecule is C=CC(C)N1C(=O)C(C(C)=O)C(=O)N(c2ccc(F)c(C#N)c2)C1=O. The quantitative estimate of drug-likeness (QED) is 0.613. The predicted molar refractivity (Wildman–Crippen MR) is 84.7 cm³/mol. The van der Waals surface area contributed by atoms with Gasteiger partial charge in [-0.25, -0.2) is 14.1 Å². The first-order valence-corrected chi connectivity index (χ1v) is 7.28.